The molecule has 3 heterocycles. The highest BCUT2D eigenvalue weighted by Crippen LogP contribution is 2.31. The summed E-state index contributed by atoms with van der Waals surface area (Å²) >= 11 is 0. The van der Waals surface area contributed by atoms with Gasteiger partial charge in [0.25, 0.3) is 0 Å². The average molecular weight is 467 g/mol. The number of rotatable bonds is 9. The fourth-order valence-electron chi connectivity index (χ4n) is 3.35. The van der Waals surface area contributed by atoms with Crippen LogP contribution in [0.15, 0.2) is 36.7 Å². The van der Waals surface area contributed by atoms with Crippen molar-refractivity contribution in [1.82, 2.24) is 20.2 Å². The molecule has 3 amide bonds. The molecule has 3 N–H and O–H groups in total. The molecule has 0 radical (unpaired) electrons. The van der Waals surface area contributed by atoms with Gasteiger partial charge in [0, 0.05) is 55.9 Å². The van der Waals surface area contributed by atoms with Gasteiger partial charge >= 0.3 is 6.03 Å². The van der Waals surface area contributed by atoms with E-state index in [-0.39, 0.29) is 5.91 Å². The van der Waals surface area contributed by atoms with Crippen LogP contribution < -0.4 is 15.4 Å². The maximum Gasteiger partial charge on any atom is 0.329 e. The van der Waals surface area contributed by atoms with E-state index in [1.165, 1.54) is 11.1 Å². The lowest BCUT2D eigenvalue weighted by atomic mass is 9.92. The lowest BCUT2D eigenvalue weighted by molar-refractivity contribution is -0.131. The Morgan fingerprint density at radius 1 is 1.32 bits per heavy atom. The standard InChI is InChI=1S/C24H30N6O4/c1-16-20(5-6-21(28-16)29-23(32)30-11-8-24(2,3)22(30)31)34-18-7-9-27-19(13-18)17(14-25)15-26-10-12-33-4/h5-7,9,13-15,25-26H,8,10-12H2,1-4H3,(H,28,29,32)/b17-15+,25-14?. The Hall–Kier alpha value is -3.79. The topological polar surface area (TPSA) is 130 Å². The number of hydrogen-bond donors (Lipinski definition) is 3. The number of nitrogens with zero attached hydrogens (tertiary/aromatic N) is 3. The minimum Gasteiger partial charge on any atom is -0.455 e. The maximum atomic E-state index is 12.5. The molecule has 2 aromatic heterocycles. The average Bonchev–Trinajstić information content (AvgIpc) is 3.08. The fourth-order valence-corrected chi connectivity index (χ4v) is 3.35. The molecule has 3 rings (SSSR count). The Labute approximate surface area is 198 Å². The Bertz CT molecular complexity index is 1100. The van der Waals surface area contributed by atoms with Gasteiger partial charge in [0.15, 0.2) is 0 Å². The third-order valence-corrected chi connectivity index (χ3v) is 5.42. The molecule has 0 aromatic carbocycles. The van der Waals surface area contributed by atoms with E-state index < -0.39 is 11.4 Å². The van der Waals surface area contributed by atoms with E-state index in [0.29, 0.717) is 60.4 Å². The van der Waals surface area contributed by atoms with Crippen LogP contribution in [0.4, 0.5) is 10.6 Å². The van der Waals surface area contributed by atoms with Crippen LogP contribution in [-0.4, -0.2) is 59.8 Å². The van der Waals surface area contributed by atoms with Crippen molar-refractivity contribution >= 4 is 29.5 Å². The summed E-state index contributed by atoms with van der Waals surface area (Å²) in [5, 5.41) is 13.4. The number of imide groups is 1. The maximum absolute atomic E-state index is 12.5. The Morgan fingerprint density at radius 2 is 2.12 bits per heavy atom. The van der Waals surface area contributed by atoms with Crippen LogP contribution in [0.2, 0.25) is 0 Å². The van der Waals surface area contributed by atoms with Crippen LogP contribution in [0, 0.1) is 17.7 Å². The molecule has 34 heavy (non-hydrogen) atoms. The monoisotopic (exact) mass is 466 g/mol. The summed E-state index contributed by atoms with van der Waals surface area (Å²) in [6, 6.07) is 6.27. The van der Waals surface area contributed by atoms with Crippen LogP contribution >= 0.6 is 0 Å². The fraction of sp³-hybridized carbons (Fsp3) is 0.375. The van der Waals surface area contributed by atoms with Gasteiger partial charge in [-0.15, -0.1) is 0 Å². The number of carbonyl (C=O) groups excluding carboxylic acids is 2. The number of aryl methyl sites for hydroxylation is 1. The SMILES string of the molecule is COCCN/C=C(\C=N)c1cc(Oc2ccc(NC(=O)N3CCC(C)(C)C3=O)nc2C)ccn1. The molecule has 1 fully saturated rings. The van der Waals surface area contributed by atoms with Gasteiger partial charge in [0.2, 0.25) is 5.91 Å². The number of amides is 3. The smallest absolute Gasteiger partial charge is 0.329 e. The van der Waals surface area contributed by atoms with E-state index in [4.69, 9.17) is 14.9 Å². The molecule has 10 nitrogen and oxygen atoms in total. The highest BCUT2D eigenvalue weighted by Gasteiger charge is 2.41. The zero-order valence-corrected chi connectivity index (χ0v) is 19.8. The normalized spacial score (nSPS) is 15.2. The highest BCUT2D eigenvalue weighted by molar-refractivity contribution is 6.07. The van der Waals surface area contributed by atoms with E-state index >= 15 is 0 Å². The van der Waals surface area contributed by atoms with Gasteiger partial charge in [-0.2, -0.15) is 0 Å². The molecular weight excluding hydrogens is 436 g/mol. The lowest BCUT2D eigenvalue weighted by Gasteiger charge is -2.18. The molecule has 2 aromatic rings. The first-order chi connectivity index (χ1) is 16.2. The molecular formula is C24H30N6O4. The molecule has 0 atom stereocenters. The number of aromatic nitrogens is 2. The van der Waals surface area contributed by atoms with Crippen LogP contribution in [0.5, 0.6) is 11.5 Å². The molecule has 0 aliphatic carbocycles. The van der Waals surface area contributed by atoms with Crippen LogP contribution in [0.1, 0.15) is 31.7 Å². The van der Waals surface area contributed by atoms with Crippen molar-refractivity contribution in [2.24, 2.45) is 5.41 Å². The number of allylic oxidation sites excluding steroid dienone is 1. The van der Waals surface area contributed by atoms with Crippen molar-refractivity contribution in [3.63, 3.8) is 0 Å². The van der Waals surface area contributed by atoms with Gasteiger partial charge in [-0.3, -0.25) is 20.0 Å². The summed E-state index contributed by atoms with van der Waals surface area (Å²) in [6.07, 6.45) is 5.14. The van der Waals surface area contributed by atoms with Crippen LogP contribution in [-0.2, 0) is 9.53 Å². The molecule has 1 aliphatic rings. The van der Waals surface area contributed by atoms with Crippen molar-refractivity contribution in [1.29, 1.82) is 5.41 Å². The Balaban J connectivity index is 1.68. The van der Waals surface area contributed by atoms with Gasteiger partial charge in [0.05, 0.1) is 18.0 Å². The third-order valence-electron chi connectivity index (χ3n) is 5.42. The zero-order valence-electron chi connectivity index (χ0n) is 19.8. The number of methoxy groups -OCH3 is 1. The van der Waals surface area contributed by atoms with Crippen molar-refractivity contribution in [2.45, 2.75) is 27.2 Å². The second-order valence-corrected chi connectivity index (χ2v) is 8.47. The molecule has 0 bridgehead atoms. The predicted octanol–water partition coefficient (Wildman–Crippen LogP) is 3.59. The van der Waals surface area contributed by atoms with Gasteiger partial charge in [-0.1, -0.05) is 13.8 Å². The summed E-state index contributed by atoms with van der Waals surface area (Å²) in [6.45, 7) is 6.98. The first-order valence-corrected chi connectivity index (χ1v) is 10.9. The number of ether oxygens (including phenoxy) is 2. The van der Waals surface area contributed by atoms with Crippen LogP contribution in [0.25, 0.3) is 5.57 Å². The molecule has 0 saturated carbocycles. The van der Waals surface area contributed by atoms with E-state index in [9.17, 15) is 9.59 Å². The predicted molar refractivity (Wildman–Crippen MR) is 129 cm³/mol. The number of pyridine rings is 2. The first-order valence-electron chi connectivity index (χ1n) is 10.9. The number of urea groups is 1. The molecule has 1 saturated heterocycles. The van der Waals surface area contributed by atoms with Gasteiger partial charge < -0.3 is 20.2 Å². The van der Waals surface area contributed by atoms with Gasteiger partial charge in [-0.25, -0.2) is 9.78 Å². The Kier molecular flexibility index (Phi) is 7.95. The van der Waals surface area contributed by atoms with Crippen molar-refractivity contribution in [3.05, 3.63) is 48.1 Å². The summed E-state index contributed by atoms with van der Waals surface area (Å²) in [4.78, 5) is 34.8. The summed E-state index contributed by atoms with van der Waals surface area (Å²) in [7, 11) is 1.62. The van der Waals surface area contributed by atoms with Crippen molar-refractivity contribution in [2.75, 3.05) is 32.1 Å². The van der Waals surface area contributed by atoms with Crippen LogP contribution in [0.3, 0.4) is 0 Å². The second kappa shape index (κ2) is 10.9. The number of hydrogen-bond acceptors (Lipinski definition) is 8. The molecule has 0 unspecified atom stereocenters. The third kappa shape index (κ3) is 5.96. The highest BCUT2D eigenvalue weighted by atomic mass is 16.5. The number of anilines is 1. The number of nitrogens with one attached hydrogen (secondary N) is 3. The second-order valence-electron chi connectivity index (χ2n) is 8.47. The van der Waals surface area contributed by atoms with E-state index in [1.807, 2.05) is 13.8 Å². The van der Waals surface area contributed by atoms with Gasteiger partial charge in [-0.05, 0) is 31.5 Å². The molecule has 10 heteroatoms. The number of likely N-dealkylation sites (tertiary alicyclic amines) is 1. The minimum absolute atomic E-state index is 0.192. The van der Waals surface area contributed by atoms with Gasteiger partial charge in [0.1, 0.15) is 17.3 Å². The summed E-state index contributed by atoms with van der Waals surface area (Å²) in [5.41, 5.74) is 1.20. The van der Waals surface area contributed by atoms with E-state index in [1.54, 1.807) is 50.7 Å². The molecule has 1 aliphatic heterocycles. The largest absolute Gasteiger partial charge is 0.455 e. The molecule has 180 valence electrons. The van der Waals surface area contributed by atoms with Crippen molar-refractivity contribution < 1.29 is 19.1 Å². The van der Waals surface area contributed by atoms with E-state index in [0.717, 1.165) is 0 Å². The lowest BCUT2D eigenvalue weighted by Crippen LogP contribution is -2.39. The van der Waals surface area contributed by atoms with Crippen molar-refractivity contribution in [3.8, 4) is 11.5 Å². The Morgan fingerprint density at radius 3 is 2.76 bits per heavy atom. The number of carbonyl (C=O) groups is 2. The summed E-state index contributed by atoms with van der Waals surface area (Å²) < 4.78 is 11.0. The first kappa shape index (κ1) is 24.8. The van der Waals surface area contributed by atoms with E-state index in [2.05, 4.69) is 20.6 Å². The zero-order chi connectivity index (χ0) is 24.7. The minimum atomic E-state index is -0.533. The molecule has 0 spiro atoms. The quantitative estimate of drug-likeness (QED) is 0.380. The summed E-state index contributed by atoms with van der Waals surface area (Å²) in [5.74, 6) is 1.18.